The van der Waals surface area contributed by atoms with E-state index in [1.807, 2.05) is 0 Å². The highest BCUT2D eigenvalue weighted by atomic mass is 16.3. The molecule has 9 aromatic rings. The molecule has 1 aromatic heterocycles. The fourth-order valence-corrected chi connectivity index (χ4v) is 8.23. The van der Waals surface area contributed by atoms with Crippen LogP contribution in [0.25, 0.3) is 65.7 Å². The van der Waals surface area contributed by atoms with Gasteiger partial charge in [0.25, 0.3) is 0 Å². The van der Waals surface area contributed by atoms with Gasteiger partial charge in [0, 0.05) is 33.2 Å². The monoisotopic (exact) mass is 627 g/mol. The highest BCUT2D eigenvalue weighted by Crippen LogP contribution is 2.51. The van der Waals surface area contributed by atoms with E-state index in [2.05, 4.69) is 183 Å². The van der Waals surface area contributed by atoms with Crippen LogP contribution < -0.4 is 4.90 Å². The van der Waals surface area contributed by atoms with Gasteiger partial charge in [0.2, 0.25) is 0 Å². The Labute approximate surface area is 285 Å². The van der Waals surface area contributed by atoms with Crippen LogP contribution in [0.1, 0.15) is 25.0 Å². The Kier molecular flexibility index (Phi) is 5.95. The van der Waals surface area contributed by atoms with E-state index >= 15 is 0 Å². The maximum absolute atomic E-state index is 6.51. The van der Waals surface area contributed by atoms with Gasteiger partial charge >= 0.3 is 0 Å². The Morgan fingerprint density at radius 3 is 2.06 bits per heavy atom. The lowest BCUT2D eigenvalue weighted by Crippen LogP contribution is -2.16. The van der Waals surface area contributed by atoms with Crippen LogP contribution in [0.2, 0.25) is 0 Å². The smallest absolute Gasteiger partial charge is 0.136 e. The quantitative estimate of drug-likeness (QED) is 0.181. The molecule has 0 fully saturated rings. The molecule has 1 aliphatic rings. The van der Waals surface area contributed by atoms with Crippen LogP contribution in [0, 0.1) is 0 Å². The zero-order valence-electron chi connectivity index (χ0n) is 27.4. The number of nitrogens with zero attached hydrogens (tertiary/aromatic N) is 1. The summed E-state index contributed by atoms with van der Waals surface area (Å²) in [5.41, 5.74) is 12.8. The summed E-state index contributed by atoms with van der Waals surface area (Å²) in [6.45, 7) is 4.68. The minimum atomic E-state index is -0.0872. The molecule has 0 aliphatic heterocycles. The first-order valence-corrected chi connectivity index (χ1v) is 17.0. The lowest BCUT2D eigenvalue weighted by Gasteiger charge is -2.28. The van der Waals surface area contributed by atoms with E-state index in [0.29, 0.717) is 0 Å². The highest BCUT2D eigenvalue weighted by Gasteiger charge is 2.35. The third-order valence-corrected chi connectivity index (χ3v) is 10.6. The molecule has 0 N–H and O–H groups in total. The van der Waals surface area contributed by atoms with Crippen molar-refractivity contribution in [3.8, 4) is 22.3 Å². The van der Waals surface area contributed by atoms with Crippen LogP contribution in [-0.4, -0.2) is 0 Å². The van der Waals surface area contributed by atoms with E-state index in [1.165, 1.54) is 54.9 Å². The van der Waals surface area contributed by atoms with Gasteiger partial charge in [0.05, 0.1) is 0 Å². The first kappa shape index (κ1) is 27.9. The molecule has 0 radical (unpaired) electrons. The van der Waals surface area contributed by atoms with E-state index in [4.69, 9.17) is 4.42 Å². The SMILES string of the molecule is CC1(C)c2ccccc2-c2ccc(N(c3ccccc3)c3ccc4oc5cccc(-c6ccc7c(ccc8ccccc87)c6)c5c4c3)cc21. The standard InChI is InChI=1S/C47H33NO/c1-47(2)42-17-9-8-15-39(42)40-25-22-35(29-43(40)47)48(33-12-4-3-5-13-33)34-23-26-44-41(28-34)46-38(16-10-18-45(46)49-44)32-21-24-37-31(27-32)20-19-30-11-6-7-14-36(30)37/h3-29H,1-2H3. The third kappa shape index (κ3) is 4.20. The normalized spacial score (nSPS) is 13.3. The molecule has 1 aliphatic carbocycles. The van der Waals surface area contributed by atoms with Gasteiger partial charge < -0.3 is 9.32 Å². The summed E-state index contributed by atoms with van der Waals surface area (Å²) in [5, 5.41) is 7.29. The van der Waals surface area contributed by atoms with Crippen molar-refractivity contribution in [1.29, 1.82) is 0 Å². The van der Waals surface area contributed by atoms with Gasteiger partial charge in [0.15, 0.2) is 0 Å². The van der Waals surface area contributed by atoms with Gasteiger partial charge in [-0.15, -0.1) is 0 Å². The Morgan fingerprint density at radius 2 is 1.14 bits per heavy atom. The molecule has 49 heavy (non-hydrogen) atoms. The van der Waals surface area contributed by atoms with Crippen molar-refractivity contribution < 1.29 is 4.42 Å². The first-order valence-electron chi connectivity index (χ1n) is 17.0. The highest BCUT2D eigenvalue weighted by molar-refractivity contribution is 6.15. The van der Waals surface area contributed by atoms with Crippen molar-refractivity contribution >= 4 is 60.5 Å². The number of hydrogen-bond acceptors (Lipinski definition) is 2. The van der Waals surface area contributed by atoms with Gasteiger partial charge in [0.1, 0.15) is 11.2 Å². The molecule has 0 atom stereocenters. The average Bonchev–Trinajstić information content (AvgIpc) is 3.63. The summed E-state index contributed by atoms with van der Waals surface area (Å²) in [6, 6.07) is 59.4. The minimum absolute atomic E-state index is 0.0872. The molecule has 1 heterocycles. The average molecular weight is 628 g/mol. The number of benzene rings is 8. The van der Waals surface area contributed by atoms with Crippen molar-refractivity contribution in [1.82, 2.24) is 0 Å². The van der Waals surface area contributed by atoms with Gasteiger partial charge in [-0.05, 0) is 110 Å². The van der Waals surface area contributed by atoms with E-state index < -0.39 is 0 Å². The molecule has 2 heteroatoms. The summed E-state index contributed by atoms with van der Waals surface area (Å²) >= 11 is 0. The molecule has 232 valence electrons. The number of hydrogen-bond donors (Lipinski definition) is 0. The summed E-state index contributed by atoms with van der Waals surface area (Å²) in [6.07, 6.45) is 0. The van der Waals surface area contributed by atoms with Crippen LogP contribution in [0.15, 0.2) is 168 Å². The molecule has 8 aromatic carbocycles. The maximum atomic E-state index is 6.51. The molecule has 0 saturated carbocycles. The summed E-state index contributed by atoms with van der Waals surface area (Å²) < 4.78 is 6.51. The lowest BCUT2D eigenvalue weighted by molar-refractivity contribution is 0.660. The molecule has 0 spiro atoms. The minimum Gasteiger partial charge on any atom is -0.456 e. The molecule has 0 saturated heterocycles. The first-order chi connectivity index (χ1) is 24.0. The number of rotatable bonds is 4. The van der Waals surface area contributed by atoms with E-state index in [9.17, 15) is 0 Å². The van der Waals surface area contributed by atoms with Gasteiger partial charge in [-0.25, -0.2) is 0 Å². The summed E-state index contributed by atoms with van der Waals surface area (Å²) in [5.74, 6) is 0. The van der Waals surface area contributed by atoms with Crippen LogP contribution in [-0.2, 0) is 5.41 Å². The fraction of sp³-hybridized carbons (Fsp3) is 0.0638. The second-order valence-corrected chi connectivity index (χ2v) is 13.8. The fourth-order valence-electron chi connectivity index (χ4n) is 8.23. The number of furan rings is 1. The van der Waals surface area contributed by atoms with Crippen molar-refractivity contribution in [2.24, 2.45) is 0 Å². The summed E-state index contributed by atoms with van der Waals surface area (Å²) in [7, 11) is 0. The molecule has 0 bridgehead atoms. The second kappa shape index (κ2) is 10.4. The third-order valence-electron chi connectivity index (χ3n) is 10.6. The molecular formula is C47H33NO. The Morgan fingerprint density at radius 1 is 0.429 bits per heavy atom. The Hall–Kier alpha value is -6.12. The molecular weight excluding hydrogens is 595 g/mol. The van der Waals surface area contributed by atoms with Gasteiger partial charge in [-0.3, -0.25) is 0 Å². The zero-order chi connectivity index (χ0) is 32.7. The molecule has 2 nitrogen and oxygen atoms in total. The van der Waals surface area contributed by atoms with Crippen LogP contribution in [0.5, 0.6) is 0 Å². The predicted octanol–water partition coefficient (Wildman–Crippen LogP) is 13.3. The van der Waals surface area contributed by atoms with Crippen molar-refractivity contribution in [2.75, 3.05) is 4.90 Å². The van der Waals surface area contributed by atoms with E-state index in [-0.39, 0.29) is 5.41 Å². The summed E-state index contributed by atoms with van der Waals surface area (Å²) in [4.78, 5) is 2.38. The number of para-hydroxylation sites is 1. The topological polar surface area (TPSA) is 16.4 Å². The number of anilines is 3. The van der Waals surface area contributed by atoms with Crippen LogP contribution in [0.4, 0.5) is 17.1 Å². The number of fused-ring (bicyclic) bond motifs is 9. The van der Waals surface area contributed by atoms with E-state index in [1.54, 1.807) is 0 Å². The lowest BCUT2D eigenvalue weighted by atomic mass is 9.82. The maximum Gasteiger partial charge on any atom is 0.136 e. The van der Waals surface area contributed by atoms with Crippen molar-refractivity contribution in [3.63, 3.8) is 0 Å². The van der Waals surface area contributed by atoms with Crippen LogP contribution >= 0.6 is 0 Å². The molecule has 0 unspecified atom stereocenters. The Bertz CT molecular complexity index is 2750. The molecule has 10 rings (SSSR count). The van der Waals surface area contributed by atoms with E-state index in [0.717, 1.165) is 39.0 Å². The second-order valence-electron chi connectivity index (χ2n) is 13.8. The van der Waals surface area contributed by atoms with Crippen LogP contribution in [0.3, 0.4) is 0 Å². The van der Waals surface area contributed by atoms with Gasteiger partial charge in [-0.2, -0.15) is 0 Å². The van der Waals surface area contributed by atoms with Crippen molar-refractivity contribution in [2.45, 2.75) is 19.3 Å². The van der Waals surface area contributed by atoms with Crippen molar-refractivity contribution in [3.05, 3.63) is 175 Å². The van der Waals surface area contributed by atoms with Gasteiger partial charge in [-0.1, -0.05) is 123 Å². The zero-order valence-corrected chi connectivity index (χ0v) is 27.4. The molecule has 0 amide bonds. The Balaban J connectivity index is 1.15. The predicted molar refractivity (Wildman–Crippen MR) is 206 cm³/mol. The largest absolute Gasteiger partial charge is 0.456 e.